The van der Waals surface area contributed by atoms with Gasteiger partial charge in [0, 0.05) is 5.92 Å². The van der Waals surface area contributed by atoms with E-state index in [4.69, 9.17) is 0 Å². The van der Waals surface area contributed by atoms with E-state index in [0.29, 0.717) is 5.92 Å². The van der Waals surface area contributed by atoms with Gasteiger partial charge in [-0.3, -0.25) is 0 Å². The van der Waals surface area contributed by atoms with Crippen molar-refractivity contribution in [2.45, 2.75) is 19.8 Å². The quantitative estimate of drug-likeness (QED) is 0.596. The van der Waals surface area contributed by atoms with Gasteiger partial charge in [-0.25, -0.2) is 0 Å². The first-order valence-corrected chi connectivity index (χ1v) is 5.15. The molecule has 0 heterocycles. The summed E-state index contributed by atoms with van der Waals surface area (Å²) in [6, 6.07) is 0. The largest absolute Gasteiger partial charge is 0.0805 e. The Balaban J connectivity index is 2.18. The van der Waals surface area contributed by atoms with Crippen LogP contribution in [-0.4, -0.2) is 0 Å². The summed E-state index contributed by atoms with van der Waals surface area (Å²) in [7, 11) is 0. The van der Waals surface area contributed by atoms with Gasteiger partial charge in [0.25, 0.3) is 0 Å². The van der Waals surface area contributed by atoms with Gasteiger partial charge in [-0.1, -0.05) is 55.9 Å². The Bertz CT molecular complexity index is 289. The molecule has 0 saturated carbocycles. The van der Waals surface area contributed by atoms with Crippen molar-refractivity contribution in [2.75, 3.05) is 0 Å². The first-order chi connectivity index (χ1) is 6.42. The molecule has 0 aliphatic heterocycles. The van der Waals surface area contributed by atoms with Gasteiger partial charge in [-0.05, 0) is 17.9 Å². The molecule has 0 bridgehead atoms. The van der Waals surface area contributed by atoms with Crippen LogP contribution in [0.5, 0.6) is 0 Å². The van der Waals surface area contributed by atoms with Gasteiger partial charge < -0.3 is 0 Å². The number of fused-ring (bicyclic) bond motifs is 1. The zero-order valence-electron chi connectivity index (χ0n) is 8.11. The third kappa shape index (κ3) is 1.67. The second-order valence-corrected chi connectivity index (χ2v) is 3.77. The molecular formula is C13H16. The fourth-order valence-electron chi connectivity index (χ4n) is 2.17. The summed E-state index contributed by atoms with van der Waals surface area (Å²) < 4.78 is 0. The molecule has 2 aliphatic rings. The van der Waals surface area contributed by atoms with Crippen LogP contribution in [0.4, 0.5) is 0 Å². The van der Waals surface area contributed by atoms with E-state index in [2.05, 4.69) is 49.5 Å². The maximum atomic E-state index is 2.35. The van der Waals surface area contributed by atoms with Crippen molar-refractivity contribution in [1.82, 2.24) is 0 Å². The molecule has 2 atom stereocenters. The van der Waals surface area contributed by atoms with Crippen LogP contribution in [0, 0.1) is 11.8 Å². The highest BCUT2D eigenvalue weighted by Crippen LogP contribution is 2.33. The predicted octanol–water partition coefficient (Wildman–Crippen LogP) is 3.64. The lowest BCUT2D eigenvalue weighted by Crippen LogP contribution is -2.15. The van der Waals surface area contributed by atoms with Gasteiger partial charge in [0.1, 0.15) is 0 Å². The Morgan fingerprint density at radius 2 is 2.08 bits per heavy atom. The average Bonchev–Trinajstić information content (AvgIpc) is 2.19. The number of rotatable bonds is 2. The molecule has 0 N–H and O–H groups in total. The Morgan fingerprint density at radius 3 is 2.92 bits per heavy atom. The summed E-state index contributed by atoms with van der Waals surface area (Å²) in [6.45, 7) is 2.26. The Kier molecular flexibility index (Phi) is 2.49. The smallest absolute Gasteiger partial charge is 0.00840 e. The summed E-state index contributed by atoms with van der Waals surface area (Å²) in [5.41, 5.74) is 1.48. The molecule has 0 aromatic rings. The second kappa shape index (κ2) is 3.78. The van der Waals surface area contributed by atoms with E-state index >= 15 is 0 Å². The summed E-state index contributed by atoms with van der Waals surface area (Å²) in [5.74, 6) is 1.38. The van der Waals surface area contributed by atoms with E-state index < -0.39 is 0 Å². The van der Waals surface area contributed by atoms with Crippen molar-refractivity contribution in [3.05, 3.63) is 48.1 Å². The highest BCUT2D eigenvalue weighted by Gasteiger charge is 2.21. The van der Waals surface area contributed by atoms with Crippen molar-refractivity contribution in [3.8, 4) is 0 Å². The monoisotopic (exact) mass is 172 g/mol. The fraction of sp³-hybridized carbons (Fsp3) is 0.385. The average molecular weight is 172 g/mol. The van der Waals surface area contributed by atoms with Crippen molar-refractivity contribution in [1.29, 1.82) is 0 Å². The van der Waals surface area contributed by atoms with E-state index in [1.807, 2.05) is 0 Å². The number of allylic oxidation sites excluding steroid dienone is 8. The van der Waals surface area contributed by atoms with Crippen LogP contribution in [0.3, 0.4) is 0 Å². The highest BCUT2D eigenvalue weighted by atomic mass is 14.3. The Hall–Kier alpha value is -1.04. The van der Waals surface area contributed by atoms with Gasteiger partial charge in [-0.2, -0.15) is 0 Å². The molecule has 0 saturated heterocycles. The topological polar surface area (TPSA) is 0 Å². The van der Waals surface area contributed by atoms with E-state index in [1.54, 1.807) is 0 Å². The van der Waals surface area contributed by atoms with Gasteiger partial charge in [-0.15, -0.1) is 0 Å². The molecule has 0 aromatic carbocycles. The fourth-order valence-corrected chi connectivity index (χ4v) is 2.17. The molecule has 0 radical (unpaired) electrons. The molecule has 0 heteroatoms. The predicted molar refractivity (Wildman–Crippen MR) is 57.4 cm³/mol. The molecule has 0 aromatic heterocycles. The van der Waals surface area contributed by atoms with Crippen LogP contribution in [0.15, 0.2) is 48.1 Å². The molecule has 68 valence electrons. The van der Waals surface area contributed by atoms with E-state index in [0.717, 1.165) is 5.92 Å². The summed E-state index contributed by atoms with van der Waals surface area (Å²) in [6.07, 6.45) is 18.2. The highest BCUT2D eigenvalue weighted by molar-refractivity contribution is 5.39. The molecule has 2 rings (SSSR count). The summed E-state index contributed by atoms with van der Waals surface area (Å²) in [5, 5.41) is 0. The molecule has 0 spiro atoms. The number of hydrogen-bond acceptors (Lipinski definition) is 0. The molecule has 13 heavy (non-hydrogen) atoms. The first kappa shape index (κ1) is 8.55. The summed E-state index contributed by atoms with van der Waals surface area (Å²) in [4.78, 5) is 0. The molecule has 0 amide bonds. The lowest BCUT2D eigenvalue weighted by molar-refractivity contribution is 0.488. The minimum absolute atomic E-state index is 0.648. The van der Waals surface area contributed by atoms with Crippen molar-refractivity contribution in [2.24, 2.45) is 11.8 Å². The van der Waals surface area contributed by atoms with Crippen LogP contribution in [0.1, 0.15) is 19.8 Å². The van der Waals surface area contributed by atoms with Crippen LogP contribution in [0.2, 0.25) is 0 Å². The van der Waals surface area contributed by atoms with Crippen molar-refractivity contribution < 1.29 is 0 Å². The molecule has 2 unspecified atom stereocenters. The third-order valence-electron chi connectivity index (χ3n) is 2.83. The maximum Gasteiger partial charge on any atom is 0.00840 e. The third-order valence-corrected chi connectivity index (χ3v) is 2.83. The van der Waals surface area contributed by atoms with Gasteiger partial charge in [0.2, 0.25) is 0 Å². The molecule has 0 fully saturated rings. The zero-order valence-corrected chi connectivity index (χ0v) is 8.11. The molecule has 0 nitrogen and oxygen atoms in total. The van der Waals surface area contributed by atoms with Crippen LogP contribution in [-0.2, 0) is 0 Å². The standard InChI is InChI=1S/C13H16/c1-2-6-11-8-5-9-12-7-3-4-10-13(11)12/h3-5,7-11,13H,2,6H2,1H3. The van der Waals surface area contributed by atoms with E-state index in [1.165, 1.54) is 18.4 Å². The Labute approximate surface area is 80.3 Å². The van der Waals surface area contributed by atoms with Gasteiger partial charge in [0.15, 0.2) is 0 Å². The summed E-state index contributed by atoms with van der Waals surface area (Å²) >= 11 is 0. The first-order valence-electron chi connectivity index (χ1n) is 5.15. The molecule has 2 aliphatic carbocycles. The SMILES string of the molecule is CCCC1C=CC=C2C=CC=CC21. The molecular weight excluding hydrogens is 156 g/mol. The number of hydrogen-bond donors (Lipinski definition) is 0. The zero-order chi connectivity index (χ0) is 9.10. The maximum absolute atomic E-state index is 2.35. The Morgan fingerprint density at radius 1 is 1.15 bits per heavy atom. The van der Waals surface area contributed by atoms with Crippen LogP contribution < -0.4 is 0 Å². The lowest BCUT2D eigenvalue weighted by Gasteiger charge is -2.27. The van der Waals surface area contributed by atoms with E-state index in [-0.39, 0.29) is 0 Å². The minimum Gasteiger partial charge on any atom is -0.0805 e. The van der Waals surface area contributed by atoms with E-state index in [9.17, 15) is 0 Å². The van der Waals surface area contributed by atoms with Crippen molar-refractivity contribution >= 4 is 0 Å². The minimum atomic E-state index is 0.648. The van der Waals surface area contributed by atoms with Crippen molar-refractivity contribution in [3.63, 3.8) is 0 Å². The van der Waals surface area contributed by atoms with Gasteiger partial charge >= 0.3 is 0 Å². The second-order valence-electron chi connectivity index (χ2n) is 3.77. The normalized spacial score (nSPS) is 30.1. The van der Waals surface area contributed by atoms with Crippen LogP contribution >= 0.6 is 0 Å². The van der Waals surface area contributed by atoms with Gasteiger partial charge in [0.05, 0.1) is 0 Å². The lowest BCUT2D eigenvalue weighted by atomic mass is 9.78. The van der Waals surface area contributed by atoms with Crippen LogP contribution in [0.25, 0.3) is 0 Å².